The van der Waals surface area contributed by atoms with Gasteiger partial charge in [0, 0.05) is 12.6 Å². The van der Waals surface area contributed by atoms with E-state index in [2.05, 4.69) is 41.4 Å². The van der Waals surface area contributed by atoms with Gasteiger partial charge in [-0.2, -0.15) is 0 Å². The molecule has 19 heavy (non-hydrogen) atoms. The Morgan fingerprint density at radius 3 is 2.53 bits per heavy atom. The van der Waals surface area contributed by atoms with Crippen molar-refractivity contribution in [3.8, 4) is 5.75 Å². The Labute approximate surface area is 116 Å². The highest BCUT2D eigenvalue weighted by atomic mass is 16.5. The molecule has 1 aromatic carbocycles. The Hall–Kier alpha value is -1.06. The standard InChI is InChI=1S/C16H26N2O/c1-14(17-2)15-6-8-16(9-7-15)19-13-5-12-18-10-3-4-11-18/h6-9,14,17H,3-5,10-13H2,1-2H3. The fourth-order valence-corrected chi connectivity index (χ4v) is 2.50. The molecule has 3 heteroatoms. The number of benzene rings is 1. The van der Waals surface area contributed by atoms with Gasteiger partial charge in [-0.1, -0.05) is 12.1 Å². The molecule has 0 aromatic heterocycles. The maximum Gasteiger partial charge on any atom is 0.119 e. The van der Waals surface area contributed by atoms with E-state index in [1.165, 1.54) is 38.0 Å². The molecule has 1 unspecified atom stereocenters. The van der Waals surface area contributed by atoms with Crippen LogP contribution in [-0.4, -0.2) is 38.2 Å². The first-order chi connectivity index (χ1) is 9.29. The SMILES string of the molecule is CNC(C)c1ccc(OCCCN2CCCC2)cc1. The molecule has 1 aromatic rings. The van der Waals surface area contributed by atoms with Crippen LogP contribution in [0.3, 0.4) is 0 Å². The van der Waals surface area contributed by atoms with Crippen LogP contribution in [-0.2, 0) is 0 Å². The molecule has 1 aliphatic heterocycles. The average molecular weight is 262 g/mol. The Kier molecular flexibility index (Phi) is 5.67. The van der Waals surface area contributed by atoms with Gasteiger partial charge < -0.3 is 15.0 Å². The first-order valence-electron chi connectivity index (χ1n) is 7.42. The first kappa shape index (κ1) is 14.4. The maximum atomic E-state index is 5.79. The zero-order chi connectivity index (χ0) is 13.5. The van der Waals surface area contributed by atoms with Crippen LogP contribution in [0.25, 0.3) is 0 Å². The Balaban J connectivity index is 1.67. The minimum absolute atomic E-state index is 0.393. The lowest BCUT2D eigenvalue weighted by Crippen LogP contribution is -2.21. The van der Waals surface area contributed by atoms with Crippen molar-refractivity contribution in [1.82, 2.24) is 10.2 Å². The molecule has 0 saturated carbocycles. The summed E-state index contributed by atoms with van der Waals surface area (Å²) in [5.74, 6) is 0.980. The van der Waals surface area contributed by atoms with Crippen LogP contribution in [0.1, 0.15) is 37.8 Å². The maximum absolute atomic E-state index is 5.79. The summed E-state index contributed by atoms with van der Waals surface area (Å²) in [6.07, 6.45) is 3.85. The monoisotopic (exact) mass is 262 g/mol. The van der Waals surface area contributed by atoms with Crippen LogP contribution in [0.2, 0.25) is 0 Å². The molecule has 106 valence electrons. The second kappa shape index (κ2) is 7.51. The van der Waals surface area contributed by atoms with E-state index in [0.29, 0.717) is 6.04 Å². The summed E-state index contributed by atoms with van der Waals surface area (Å²) in [6, 6.07) is 8.80. The Morgan fingerprint density at radius 1 is 1.21 bits per heavy atom. The molecule has 0 aliphatic carbocycles. The van der Waals surface area contributed by atoms with E-state index in [-0.39, 0.29) is 0 Å². The van der Waals surface area contributed by atoms with Gasteiger partial charge in [-0.25, -0.2) is 0 Å². The molecular formula is C16H26N2O. The predicted molar refractivity (Wildman–Crippen MR) is 79.7 cm³/mol. The molecule has 0 bridgehead atoms. The molecule has 1 fully saturated rings. The fraction of sp³-hybridized carbons (Fsp3) is 0.625. The van der Waals surface area contributed by atoms with Crippen molar-refractivity contribution in [1.29, 1.82) is 0 Å². The second-order valence-corrected chi connectivity index (χ2v) is 5.33. The van der Waals surface area contributed by atoms with Gasteiger partial charge in [-0.15, -0.1) is 0 Å². The van der Waals surface area contributed by atoms with Gasteiger partial charge in [0.25, 0.3) is 0 Å². The van der Waals surface area contributed by atoms with Crippen LogP contribution >= 0.6 is 0 Å². The smallest absolute Gasteiger partial charge is 0.119 e. The van der Waals surface area contributed by atoms with E-state index < -0.39 is 0 Å². The van der Waals surface area contributed by atoms with E-state index in [4.69, 9.17) is 4.74 Å². The van der Waals surface area contributed by atoms with Gasteiger partial charge >= 0.3 is 0 Å². The molecule has 3 nitrogen and oxygen atoms in total. The van der Waals surface area contributed by atoms with Gasteiger partial charge in [0.05, 0.1) is 6.61 Å². The summed E-state index contributed by atoms with van der Waals surface area (Å²) in [5.41, 5.74) is 1.30. The van der Waals surface area contributed by atoms with Crippen LogP contribution < -0.4 is 10.1 Å². The summed E-state index contributed by atoms with van der Waals surface area (Å²) < 4.78 is 5.79. The highest BCUT2D eigenvalue weighted by Gasteiger charge is 2.10. The Morgan fingerprint density at radius 2 is 1.89 bits per heavy atom. The number of hydrogen-bond acceptors (Lipinski definition) is 3. The van der Waals surface area contributed by atoms with Gasteiger partial charge in [-0.05, 0) is 64.0 Å². The summed E-state index contributed by atoms with van der Waals surface area (Å²) in [4.78, 5) is 2.53. The van der Waals surface area contributed by atoms with E-state index >= 15 is 0 Å². The summed E-state index contributed by atoms with van der Waals surface area (Å²) >= 11 is 0. The number of ether oxygens (including phenoxy) is 1. The van der Waals surface area contributed by atoms with Crippen molar-refractivity contribution in [2.45, 2.75) is 32.2 Å². The number of likely N-dealkylation sites (tertiary alicyclic amines) is 1. The number of rotatable bonds is 7. The molecule has 0 radical (unpaired) electrons. The highest BCUT2D eigenvalue weighted by Crippen LogP contribution is 2.17. The zero-order valence-electron chi connectivity index (χ0n) is 12.2. The van der Waals surface area contributed by atoms with Crippen molar-refractivity contribution in [2.75, 3.05) is 33.3 Å². The molecule has 1 heterocycles. The number of nitrogens with zero attached hydrogens (tertiary/aromatic N) is 1. The third-order valence-electron chi connectivity index (χ3n) is 3.90. The molecule has 1 N–H and O–H groups in total. The summed E-state index contributed by atoms with van der Waals surface area (Å²) in [5, 5.41) is 3.24. The van der Waals surface area contributed by atoms with Crippen LogP contribution in [0.4, 0.5) is 0 Å². The van der Waals surface area contributed by atoms with E-state index in [9.17, 15) is 0 Å². The molecular weight excluding hydrogens is 236 g/mol. The minimum atomic E-state index is 0.393. The molecule has 0 spiro atoms. The van der Waals surface area contributed by atoms with E-state index in [1.807, 2.05) is 7.05 Å². The van der Waals surface area contributed by atoms with Crippen molar-refractivity contribution in [3.63, 3.8) is 0 Å². The quantitative estimate of drug-likeness (QED) is 0.765. The normalized spacial score (nSPS) is 17.6. The zero-order valence-corrected chi connectivity index (χ0v) is 12.2. The third kappa shape index (κ3) is 4.51. The predicted octanol–water partition coefficient (Wildman–Crippen LogP) is 2.83. The number of hydrogen-bond donors (Lipinski definition) is 1. The molecule has 0 amide bonds. The topological polar surface area (TPSA) is 24.5 Å². The van der Waals surface area contributed by atoms with Gasteiger partial charge in [0.2, 0.25) is 0 Å². The van der Waals surface area contributed by atoms with E-state index in [1.54, 1.807) is 0 Å². The first-order valence-corrected chi connectivity index (χ1v) is 7.42. The van der Waals surface area contributed by atoms with Crippen LogP contribution in [0.15, 0.2) is 24.3 Å². The third-order valence-corrected chi connectivity index (χ3v) is 3.90. The summed E-state index contributed by atoms with van der Waals surface area (Å²) in [7, 11) is 1.98. The van der Waals surface area contributed by atoms with E-state index in [0.717, 1.165) is 18.8 Å². The van der Waals surface area contributed by atoms with Crippen molar-refractivity contribution >= 4 is 0 Å². The van der Waals surface area contributed by atoms with Crippen molar-refractivity contribution < 1.29 is 4.74 Å². The lowest BCUT2D eigenvalue weighted by Gasteiger charge is -2.15. The largest absolute Gasteiger partial charge is 0.494 e. The second-order valence-electron chi connectivity index (χ2n) is 5.33. The number of nitrogens with one attached hydrogen (secondary N) is 1. The molecule has 1 atom stereocenters. The lowest BCUT2D eigenvalue weighted by atomic mass is 10.1. The van der Waals surface area contributed by atoms with Crippen LogP contribution in [0, 0.1) is 0 Å². The van der Waals surface area contributed by atoms with Gasteiger partial charge in [0.1, 0.15) is 5.75 Å². The molecule has 1 aliphatic rings. The lowest BCUT2D eigenvalue weighted by molar-refractivity contribution is 0.263. The highest BCUT2D eigenvalue weighted by molar-refractivity contribution is 5.28. The van der Waals surface area contributed by atoms with Crippen molar-refractivity contribution in [3.05, 3.63) is 29.8 Å². The minimum Gasteiger partial charge on any atom is -0.494 e. The van der Waals surface area contributed by atoms with Crippen molar-refractivity contribution in [2.24, 2.45) is 0 Å². The summed E-state index contributed by atoms with van der Waals surface area (Å²) in [6.45, 7) is 6.70. The fourth-order valence-electron chi connectivity index (χ4n) is 2.50. The van der Waals surface area contributed by atoms with Crippen LogP contribution in [0.5, 0.6) is 5.75 Å². The average Bonchev–Trinajstić information content (AvgIpc) is 2.96. The molecule has 2 rings (SSSR count). The van der Waals surface area contributed by atoms with Gasteiger partial charge in [-0.3, -0.25) is 0 Å². The Bertz CT molecular complexity index is 358. The molecule has 1 saturated heterocycles. The van der Waals surface area contributed by atoms with Gasteiger partial charge in [0.15, 0.2) is 0 Å².